The minimum atomic E-state index is -1.49. The van der Waals surface area contributed by atoms with Crippen LogP contribution in [0, 0.1) is 34.5 Å². The summed E-state index contributed by atoms with van der Waals surface area (Å²) in [5.74, 6) is -1.61. The van der Waals surface area contributed by atoms with E-state index >= 15 is 0 Å². The van der Waals surface area contributed by atoms with E-state index in [1.165, 1.54) is 0 Å². The van der Waals surface area contributed by atoms with Crippen molar-refractivity contribution in [2.75, 3.05) is 13.2 Å². The highest BCUT2D eigenvalue weighted by Crippen LogP contribution is 2.40. The minimum absolute atomic E-state index is 0.0754. The van der Waals surface area contributed by atoms with Gasteiger partial charge in [-0.25, -0.2) is 0 Å². The number of hydrogen-bond donors (Lipinski definition) is 0. The van der Waals surface area contributed by atoms with Gasteiger partial charge in [0, 0.05) is 0 Å². The number of carbonyl (C=O) groups is 2. The fraction of sp³-hybridized carbons (Fsp3) is 0.857. The highest BCUT2D eigenvalue weighted by molar-refractivity contribution is 5.88. The number of nitrogens with zero attached hydrogens (tertiary/aromatic N) is 1. The Balaban J connectivity index is 5.71. The maximum absolute atomic E-state index is 12.9. The van der Waals surface area contributed by atoms with Gasteiger partial charge in [-0.3, -0.25) is 9.59 Å². The van der Waals surface area contributed by atoms with E-state index < -0.39 is 23.3 Å². The molecule has 0 heterocycles. The van der Waals surface area contributed by atoms with Crippen LogP contribution in [0.25, 0.3) is 0 Å². The largest absolute Gasteiger partial charge is 0.465 e. The van der Waals surface area contributed by atoms with Crippen LogP contribution in [0.1, 0.15) is 80.1 Å². The Hall–Kier alpha value is -1.57. The first-order valence-electron chi connectivity index (χ1n) is 10.00. The second-order valence-corrected chi connectivity index (χ2v) is 7.87. The van der Waals surface area contributed by atoms with Crippen molar-refractivity contribution in [3.05, 3.63) is 0 Å². The molecule has 0 amide bonds. The third kappa shape index (κ3) is 7.76. The third-order valence-electron chi connectivity index (χ3n) is 4.35. The zero-order valence-corrected chi connectivity index (χ0v) is 17.5. The Morgan fingerprint density at radius 3 is 1.92 bits per heavy atom. The van der Waals surface area contributed by atoms with Crippen LogP contribution < -0.4 is 0 Å². The lowest BCUT2D eigenvalue weighted by atomic mass is 9.68. The van der Waals surface area contributed by atoms with Crippen molar-refractivity contribution in [2.45, 2.75) is 80.1 Å². The lowest BCUT2D eigenvalue weighted by Crippen LogP contribution is -2.45. The summed E-state index contributed by atoms with van der Waals surface area (Å²) >= 11 is 0. The van der Waals surface area contributed by atoms with Crippen LogP contribution in [0.2, 0.25) is 0 Å². The first-order chi connectivity index (χ1) is 12.2. The van der Waals surface area contributed by atoms with Gasteiger partial charge in [0.05, 0.1) is 25.2 Å². The molecule has 2 atom stereocenters. The molecular formula is C21H37NO4. The summed E-state index contributed by atoms with van der Waals surface area (Å²) in [7, 11) is 0. The van der Waals surface area contributed by atoms with Gasteiger partial charge in [-0.15, -0.1) is 0 Å². The lowest BCUT2D eigenvalue weighted by molar-refractivity contribution is -0.168. The SMILES string of the molecule is CCCCOC(=O)C(CC(C)C)C(C#N)(CC(C)C)C(=O)OCCCC. The van der Waals surface area contributed by atoms with E-state index in [2.05, 4.69) is 6.07 Å². The Kier molecular flexibility index (Phi) is 12.0. The average Bonchev–Trinajstić information content (AvgIpc) is 2.57. The van der Waals surface area contributed by atoms with E-state index in [9.17, 15) is 14.9 Å². The Bertz CT molecular complexity index is 467. The quantitative estimate of drug-likeness (QED) is 0.342. The minimum Gasteiger partial charge on any atom is -0.465 e. The molecular weight excluding hydrogens is 330 g/mol. The molecule has 0 aliphatic heterocycles. The fourth-order valence-corrected chi connectivity index (χ4v) is 3.01. The van der Waals surface area contributed by atoms with Gasteiger partial charge in [0.25, 0.3) is 0 Å². The second kappa shape index (κ2) is 12.7. The van der Waals surface area contributed by atoms with Crippen LogP contribution in [0.4, 0.5) is 0 Å². The van der Waals surface area contributed by atoms with Crippen LogP contribution in [0.5, 0.6) is 0 Å². The molecule has 0 aliphatic carbocycles. The van der Waals surface area contributed by atoms with Crippen molar-refractivity contribution in [3.8, 4) is 6.07 Å². The standard InChI is InChI=1S/C21H37NO4/c1-7-9-11-25-19(23)18(13-16(3)4)21(15-22,14-17(5)6)20(24)26-12-10-8-2/h16-18H,7-14H2,1-6H3. The van der Waals surface area contributed by atoms with E-state index in [4.69, 9.17) is 9.47 Å². The molecule has 0 aliphatic rings. The molecule has 0 saturated heterocycles. The van der Waals surface area contributed by atoms with Crippen LogP contribution in [0.3, 0.4) is 0 Å². The summed E-state index contributed by atoms with van der Waals surface area (Å²) in [4.78, 5) is 25.7. The highest BCUT2D eigenvalue weighted by Gasteiger charge is 2.52. The molecule has 5 nitrogen and oxygen atoms in total. The number of nitriles is 1. The maximum Gasteiger partial charge on any atom is 0.327 e. The lowest BCUT2D eigenvalue weighted by Gasteiger charge is -2.33. The van der Waals surface area contributed by atoms with E-state index in [1.807, 2.05) is 41.5 Å². The second-order valence-electron chi connectivity index (χ2n) is 7.87. The Morgan fingerprint density at radius 2 is 1.50 bits per heavy atom. The summed E-state index contributed by atoms with van der Waals surface area (Å²) < 4.78 is 10.8. The molecule has 0 aromatic carbocycles. The highest BCUT2D eigenvalue weighted by atomic mass is 16.5. The van der Waals surface area contributed by atoms with Gasteiger partial charge < -0.3 is 9.47 Å². The van der Waals surface area contributed by atoms with Crippen LogP contribution in [0.15, 0.2) is 0 Å². The van der Waals surface area contributed by atoms with Gasteiger partial charge in [-0.1, -0.05) is 54.4 Å². The van der Waals surface area contributed by atoms with E-state index in [-0.39, 0.29) is 24.9 Å². The monoisotopic (exact) mass is 367 g/mol. The molecule has 0 saturated carbocycles. The molecule has 0 spiro atoms. The van der Waals surface area contributed by atoms with Crippen molar-refractivity contribution < 1.29 is 19.1 Å². The number of ether oxygens (including phenoxy) is 2. The van der Waals surface area contributed by atoms with E-state index in [0.29, 0.717) is 13.0 Å². The number of carbonyl (C=O) groups excluding carboxylic acids is 2. The molecule has 2 unspecified atom stereocenters. The first-order valence-corrected chi connectivity index (χ1v) is 10.00. The Morgan fingerprint density at radius 1 is 0.962 bits per heavy atom. The zero-order valence-electron chi connectivity index (χ0n) is 17.5. The number of unbranched alkanes of at least 4 members (excludes halogenated alkanes) is 2. The molecule has 0 aromatic rings. The number of hydrogen-bond acceptors (Lipinski definition) is 5. The van der Waals surface area contributed by atoms with Crippen molar-refractivity contribution in [3.63, 3.8) is 0 Å². The molecule has 150 valence electrons. The molecule has 0 aromatic heterocycles. The maximum atomic E-state index is 12.9. The molecule has 26 heavy (non-hydrogen) atoms. The predicted molar refractivity (Wildman–Crippen MR) is 102 cm³/mol. The molecule has 0 N–H and O–H groups in total. The van der Waals surface area contributed by atoms with Crippen molar-refractivity contribution in [2.24, 2.45) is 23.2 Å². The van der Waals surface area contributed by atoms with Crippen molar-refractivity contribution >= 4 is 11.9 Å². The number of rotatable bonds is 13. The van der Waals surface area contributed by atoms with Gasteiger partial charge in [0.2, 0.25) is 0 Å². The van der Waals surface area contributed by atoms with Gasteiger partial charge in [-0.05, 0) is 37.5 Å². The fourth-order valence-electron chi connectivity index (χ4n) is 3.01. The average molecular weight is 368 g/mol. The number of esters is 2. The first kappa shape index (κ1) is 24.4. The Labute approximate surface area is 159 Å². The van der Waals surface area contributed by atoms with Crippen LogP contribution in [-0.2, 0) is 19.1 Å². The van der Waals surface area contributed by atoms with Crippen molar-refractivity contribution in [1.29, 1.82) is 5.26 Å². The zero-order chi connectivity index (χ0) is 20.2. The van der Waals surface area contributed by atoms with E-state index in [1.54, 1.807) is 0 Å². The third-order valence-corrected chi connectivity index (χ3v) is 4.35. The van der Waals surface area contributed by atoms with Gasteiger partial charge in [0.1, 0.15) is 0 Å². The molecule has 5 heteroatoms. The molecule has 0 fully saturated rings. The molecule has 0 bridgehead atoms. The van der Waals surface area contributed by atoms with Gasteiger partial charge >= 0.3 is 11.9 Å². The summed E-state index contributed by atoms with van der Waals surface area (Å²) in [6, 6.07) is 2.18. The van der Waals surface area contributed by atoms with Crippen LogP contribution in [-0.4, -0.2) is 25.2 Å². The summed E-state index contributed by atoms with van der Waals surface area (Å²) in [5.41, 5.74) is -1.49. The smallest absolute Gasteiger partial charge is 0.327 e. The molecule has 0 rings (SSSR count). The summed E-state index contributed by atoms with van der Waals surface area (Å²) in [6.45, 7) is 12.5. The summed E-state index contributed by atoms with van der Waals surface area (Å²) in [6.07, 6.45) is 4.03. The van der Waals surface area contributed by atoms with Gasteiger partial charge in [0.15, 0.2) is 5.41 Å². The normalized spacial score (nSPS) is 14.6. The topological polar surface area (TPSA) is 76.4 Å². The summed E-state index contributed by atoms with van der Waals surface area (Å²) in [5, 5.41) is 10.00. The molecule has 0 radical (unpaired) electrons. The van der Waals surface area contributed by atoms with Gasteiger partial charge in [-0.2, -0.15) is 5.26 Å². The predicted octanol–water partition coefficient (Wildman–Crippen LogP) is 4.89. The van der Waals surface area contributed by atoms with Crippen molar-refractivity contribution in [1.82, 2.24) is 0 Å². The van der Waals surface area contributed by atoms with Crippen LogP contribution >= 0.6 is 0 Å². The van der Waals surface area contributed by atoms with E-state index in [0.717, 1.165) is 25.7 Å².